The van der Waals surface area contributed by atoms with Gasteiger partial charge in [-0.05, 0) is 55.5 Å². The van der Waals surface area contributed by atoms with Gasteiger partial charge >= 0.3 is 0 Å². The van der Waals surface area contributed by atoms with Crippen LogP contribution in [-0.4, -0.2) is 17.1 Å². The molecule has 1 N–H and O–H groups in total. The lowest BCUT2D eigenvalue weighted by atomic mass is 10.1. The average Bonchev–Trinajstić information content (AvgIpc) is 2.49. The van der Waals surface area contributed by atoms with Crippen LogP contribution in [-0.2, 0) is 4.79 Å². The number of amides is 1. The summed E-state index contributed by atoms with van der Waals surface area (Å²) in [5, 5.41) is 3.14. The molecule has 3 rings (SSSR count). The SMILES string of the molecule is CC1CC(=O)NC(=S)N1c1ccc(Oc2ccccc2)cc1. The second kappa shape index (κ2) is 6.15. The third kappa shape index (κ3) is 3.09. The van der Waals surface area contributed by atoms with Crippen LogP contribution >= 0.6 is 12.2 Å². The Bertz CT molecular complexity index is 686. The number of thiocarbonyl (C=S) groups is 1. The quantitative estimate of drug-likeness (QED) is 0.881. The highest BCUT2D eigenvalue weighted by molar-refractivity contribution is 7.80. The summed E-state index contributed by atoms with van der Waals surface area (Å²) in [6.07, 6.45) is 0.433. The van der Waals surface area contributed by atoms with Gasteiger partial charge in [0, 0.05) is 18.2 Å². The van der Waals surface area contributed by atoms with Gasteiger partial charge in [-0.15, -0.1) is 0 Å². The first-order chi connectivity index (χ1) is 10.6. The van der Waals surface area contributed by atoms with E-state index in [0.29, 0.717) is 11.5 Å². The number of rotatable bonds is 3. The molecule has 0 aromatic heterocycles. The molecular formula is C17H16N2O2S. The summed E-state index contributed by atoms with van der Waals surface area (Å²) in [6.45, 7) is 1.99. The zero-order chi connectivity index (χ0) is 15.5. The van der Waals surface area contributed by atoms with Gasteiger partial charge in [0.1, 0.15) is 11.5 Å². The fraction of sp³-hybridized carbons (Fsp3) is 0.176. The minimum Gasteiger partial charge on any atom is -0.457 e. The summed E-state index contributed by atoms with van der Waals surface area (Å²) < 4.78 is 5.77. The van der Waals surface area contributed by atoms with Gasteiger partial charge in [-0.1, -0.05) is 18.2 Å². The number of nitrogens with zero attached hydrogens (tertiary/aromatic N) is 1. The van der Waals surface area contributed by atoms with Gasteiger partial charge in [0.2, 0.25) is 5.91 Å². The summed E-state index contributed by atoms with van der Waals surface area (Å²) in [6, 6.07) is 17.3. The number of hydrogen-bond acceptors (Lipinski definition) is 3. The number of hydrogen-bond donors (Lipinski definition) is 1. The molecule has 1 atom stereocenters. The van der Waals surface area contributed by atoms with E-state index in [1.54, 1.807) is 0 Å². The third-order valence-electron chi connectivity index (χ3n) is 3.48. The largest absolute Gasteiger partial charge is 0.457 e. The first-order valence-electron chi connectivity index (χ1n) is 7.09. The topological polar surface area (TPSA) is 41.6 Å². The molecule has 0 saturated carbocycles. The van der Waals surface area contributed by atoms with E-state index in [4.69, 9.17) is 17.0 Å². The first kappa shape index (κ1) is 14.5. The van der Waals surface area contributed by atoms with Gasteiger partial charge in [0.25, 0.3) is 0 Å². The van der Waals surface area contributed by atoms with Crippen molar-refractivity contribution in [2.75, 3.05) is 4.90 Å². The van der Waals surface area contributed by atoms with Gasteiger partial charge in [0.15, 0.2) is 5.11 Å². The molecular weight excluding hydrogens is 296 g/mol. The molecule has 1 amide bonds. The molecule has 1 aliphatic rings. The van der Waals surface area contributed by atoms with Gasteiger partial charge in [-0.25, -0.2) is 0 Å². The van der Waals surface area contributed by atoms with E-state index in [1.165, 1.54) is 0 Å². The maximum atomic E-state index is 11.5. The zero-order valence-electron chi connectivity index (χ0n) is 12.2. The lowest BCUT2D eigenvalue weighted by Gasteiger charge is -2.35. The Kier molecular flexibility index (Phi) is 4.06. The molecule has 1 unspecified atom stereocenters. The maximum absolute atomic E-state index is 11.5. The molecule has 1 aliphatic heterocycles. The van der Waals surface area contributed by atoms with E-state index < -0.39 is 0 Å². The molecule has 22 heavy (non-hydrogen) atoms. The maximum Gasteiger partial charge on any atom is 0.228 e. The van der Waals surface area contributed by atoms with Crippen molar-refractivity contribution in [3.63, 3.8) is 0 Å². The molecule has 1 saturated heterocycles. The van der Waals surface area contributed by atoms with Crippen LogP contribution in [0.1, 0.15) is 13.3 Å². The molecule has 1 heterocycles. The Hall–Kier alpha value is -2.40. The summed E-state index contributed by atoms with van der Waals surface area (Å²) in [5.74, 6) is 1.52. The zero-order valence-corrected chi connectivity index (χ0v) is 13.0. The van der Waals surface area contributed by atoms with E-state index in [-0.39, 0.29) is 11.9 Å². The number of carbonyl (C=O) groups is 1. The van der Waals surface area contributed by atoms with Crippen LogP contribution in [0.4, 0.5) is 5.69 Å². The average molecular weight is 312 g/mol. The lowest BCUT2D eigenvalue weighted by molar-refractivity contribution is -0.120. The van der Waals surface area contributed by atoms with E-state index >= 15 is 0 Å². The van der Waals surface area contributed by atoms with Crippen molar-refractivity contribution in [1.82, 2.24) is 5.32 Å². The standard InChI is InChI=1S/C17H16N2O2S/c1-12-11-16(20)18-17(22)19(12)13-7-9-15(10-8-13)21-14-5-3-2-4-6-14/h2-10,12H,11H2,1H3,(H,18,20,22). The number of nitrogens with one attached hydrogen (secondary N) is 1. The number of carbonyl (C=O) groups excluding carboxylic acids is 1. The van der Waals surface area contributed by atoms with Crippen molar-refractivity contribution in [3.8, 4) is 11.5 Å². The summed E-state index contributed by atoms with van der Waals surface area (Å²) in [5.41, 5.74) is 0.943. The predicted molar refractivity (Wildman–Crippen MR) is 90.3 cm³/mol. The number of benzene rings is 2. The van der Waals surface area contributed by atoms with E-state index in [2.05, 4.69) is 5.32 Å². The normalized spacial score (nSPS) is 18.0. The molecule has 2 aromatic carbocycles. The second-order valence-corrected chi connectivity index (χ2v) is 5.57. The van der Waals surface area contributed by atoms with Gasteiger partial charge < -0.3 is 15.0 Å². The van der Waals surface area contributed by atoms with Gasteiger partial charge in [-0.3, -0.25) is 4.79 Å². The predicted octanol–water partition coefficient (Wildman–Crippen LogP) is 3.48. The van der Waals surface area contributed by atoms with Crippen LogP contribution in [0.25, 0.3) is 0 Å². The Morgan fingerprint density at radius 2 is 1.73 bits per heavy atom. The van der Waals surface area contributed by atoms with Crippen LogP contribution in [0.5, 0.6) is 11.5 Å². The Morgan fingerprint density at radius 3 is 2.36 bits per heavy atom. The third-order valence-corrected chi connectivity index (χ3v) is 3.78. The first-order valence-corrected chi connectivity index (χ1v) is 7.50. The molecule has 2 aromatic rings. The van der Waals surface area contributed by atoms with Gasteiger partial charge in [0.05, 0.1) is 0 Å². The minimum absolute atomic E-state index is 0.0298. The minimum atomic E-state index is -0.0298. The Labute approximate surface area is 134 Å². The van der Waals surface area contributed by atoms with Crippen molar-refractivity contribution >= 4 is 28.9 Å². The van der Waals surface area contributed by atoms with Crippen molar-refractivity contribution in [2.45, 2.75) is 19.4 Å². The number of para-hydroxylation sites is 1. The van der Waals surface area contributed by atoms with E-state index in [0.717, 1.165) is 17.2 Å². The highest BCUT2D eigenvalue weighted by Crippen LogP contribution is 2.27. The van der Waals surface area contributed by atoms with Crippen LogP contribution < -0.4 is 15.0 Å². The van der Waals surface area contributed by atoms with Crippen LogP contribution in [0, 0.1) is 0 Å². The van der Waals surface area contributed by atoms with Crippen LogP contribution in [0.3, 0.4) is 0 Å². The molecule has 0 radical (unpaired) electrons. The second-order valence-electron chi connectivity index (χ2n) is 5.19. The number of anilines is 1. The highest BCUT2D eigenvalue weighted by atomic mass is 32.1. The molecule has 112 valence electrons. The van der Waals surface area contributed by atoms with Crippen molar-refractivity contribution in [1.29, 1.82) is 0 Å². The lowest BCUT2D eigenvalue weighted by Crippen LogP contribution is -2.54. The van der Waals surface area contributed by atoms with E-state index in [1.807, 2.05) is 66.4 Å². The number of ether oxygens (including phenoxy) is 1. The summed E-state index contributed by atoms with van der Waals surface area (Å²) >= 11 is 5.26. The van der Waals surface area contributed by atoms with E-state index in [9.17, 15) is 4.79 Å². The highest BCUT2D eigenvalue weighted by Gasteiger charge is 2.27. The Morgan fingerprint density at radius 1 is 1.09 bits per heavy atom. The van der Waals surface area contributed by atoms with Crippen molar-refractivity contribution < 1.29 is 9.53 Å². The Balaban J connectivity index is 1.76. The van der Waals surface area contributed by atoms with Crippen LogP contribution in [0.15, 0.2) is 54.6 Å². The molecule has 4 nitrogen and oxygen atoms in total. The monoisotopic (exact) mass is 312 g/mol. The van der Waals surface area contributed by atoms with Crippen LogP contribution in [0.2, 0.25) is 0 Å². The van der Waals surface area contributed by atoms with Crippen molar-refractivity contribution in [2.24, 2.45) is 0 Å². The molecule has 5 heteroatoms. The van der Waals surface area contributed by atoms with Gasteiger partial charge in [-0.2, -0.15) is 0 Å². The smallest absolute Gasteiger partial charge is 0.228 e. The summed E-state index contributed by atoms with van der Waals surface area (Å²) in [4.78, 5) is 13.4. The fourth-order valence-corrected chi connectivity index (χ4v) is 2.86. The molecule has 1 fully saturated rings. The summed E-state index contributed by atoms with van der Waals surface area (Å²) in [7, 11) is 0. The fourth-order valence-electron chi connectivity index (χ4n) is 2.46. The molecule has 0 aliphatic carbocycles. The van der Waals surface area contributed by atoms with Crippen molar-refractivity contribution in [3.05, 3.63) is 54.6 Å². The molecule has 0 spiro atoms. The molecule has 0 bridgehead atoms.